The summed E-state index contributed by atoms with van der Waals surface area (Å²) in [6, 6.07) is 0. The van der Waals surface area contributed by atoms with Gasteiger partial charge in [-0.1, -0.05) is 18.2 Å². The zero-order valence-corrected chi connectivity index (χ0v) is 11.0. The van der Waals surface area contributed by atoms with Crippen molar-refractivity contribution in [3.8, 4) is 0 Å². The Hall–Kier alpha value is -1.35. The third kappa shape index (κ3) is 2.56. The average Bonchev–Trinajstić information content (AvgIpc) is 2.66. The van der Waals surface area contributed by atoms with Crippen molar-refractivity contribution >= 4 is 5.97 Å². The maximum absolute atomic E-state index is 11.7. The summed E-state index contributed by atoms with van der Waals surface area (Å²) < 4.78 is 5.40. The highest BCUT2D eigenvalue weighted by Crippen LogP contribution is 2.31. The maximum atomic E-state index is 11.7. The van der Waals surface area contributed by atoms with Crippen molar-refractivity contribution in [2.24, 2.45) is 5.92 Å². The first-order chi connectivity index (χ1) is 8.49. The standard InChI is InChI=1S/C15H20O3/c1-9(2)12-6-4-10(3)13(16)7-5-11-8-14(12)18-15(11)17/h4,8,12-14,16H,1,5-7H2,2-3H3/b10-4-/t12-,13?,14-/m1/s1. The number of carbonyl (C=O) groups is 1. The van der Waals surface area contributed by atoms with E-state index in [0.717, 1.165) is 17.6 Å². The molecule has 0 aromatic heterocycles. The Labute approximate surface area is 108 Å². The van der Waals surface area contributed by atoms with Crippen LogP contribution in [0, 0.1) is 5.92 Å². The first-order valence-electron chi connectivity index (χ1n) is 6.41. The molecule has 1 N–H and O–H groups in total. The third-order valence-corrected chi connectivity index (χ3v) is 3.81. The largest absolute Gasteiger partial charge is 0.454 e. The van der Waals surface area contributed by atoms with Gasteiger partial charge in [-0.3, -0.25) is 0 Å². The molecule has 0 amide bonds. The Morgan fingerprint density at radius 3 is 2.94 bits per heavy atom. The normalized spacial score (nSPS) is 35.3. The molecule has 3 atom stereocenters. The van der Waals surface area contributed by atoms with Crippen LogP contribution in [0.3, 0.4) is 0 Å². The molecule has 0 aromatic rings. The molecule has 1 aliphatic heterocycles. The second-order valence-electron chi connectivity index (χ2n) is 5.25. The van der Waals surface area contributed by atoms with Crippen molar-refractivity contribution in [1.82, 2.24) is 0 Å². The lowest BCUT2D eigenvalue weighted by molar-refractivity contribution is -0.141. The van der Waals surface area contributed by atoms with Gasteiger partial charge >= 0.3 is 5.97 Å². The number of aliphatic hydroxyl groups is 1. The van der Waals surface area contributed by atoms with E-state index in [2.05, 4.69) is 6.58 Å². The first-order valence-corrected chi connectivity index (χ1v) is 6.41. The molecular formula is C15H20O3. The minimum Gasteiger partial charge on any atom is -0.454 e. The van der Waals surface area contributed by atoms with Crippen molar-refractivity contribution in [2.45, 2.75) is 45.3 Å². The van der Waals surface area contributed by atoms with E-state index in [1.807, 2.05) is 26.0 Å². The predicted octanol–water partition coefficient (Wildman–Crippen LogP) is 2.52. The SMILES string of the molecule is C=C(C)[C@H]1C/C=C(/C)C(O)CCC2=C[C@H]1OC2=O. The van der Waals surface area contributed by atoms with Crippen molar-refractivity contribution in [3.63, 3.8) is 0 Å². The second kappa shape index (κ2) is 5.11. The molecule has 3 nitrogen and oxygen atoms in total. The predicted molar refractivity (Wildman–Crippen MR) is 69.9 cm³/mol. The second-order valence-corrected chi connectivity index (χ2v) is 5.25. The van der Waals surface area contributed by atoms with Crippen LogP contribution in [0.5, 0.6) is 0 Å². The zero-order chi connectivity index (χ0) is 13.3. The van der Waals surface area contributed by atoms with Gasteiger partial charge in [0.2, 0.25) is 0 Å². The molecule has 2 rings (SSSR count). The van der Waals surface area contributed by atoms with Gasteiger partial charge in [0.1, 0.15) is 6.10 Å². The number of allylic oxidation sites excluding steroid dienone is 1. The molecule has 18 heavy (non-hydrogen) atoms. The molecule has 2 bridgehead atoms. The Kier molecular flexibility index (Phi) is 3.71. The van der Waals surface area contributed by atoms with Crippen LogP contribution in [0.15, 0.2) is 35.5 Å². The minimum atomic E-state index is -0.471. The molecule has 1 aliphatic carbocycles. The van der Waals surface area contributed by atoms with Gasteiger partial charge in [0.15, 0.2) is 0 Å². The van der Waals surface area contributed by atoms with Crippen LogP contribution in [0.4, 0.5) is 0 Å². The van der Waals surface area contributed by atoms with Crippen molar-refractivity contribution in [3.05, 3.63) is 35.5 Å². The molecule has 0 fully saturated rings. The molecule has 0 spiro atoms. The number of fused-ring (bicyclic) bond motifs is 1. The quantitative estimate of drug-likeness (QED) is 0.573. The van der Waals surface area contributed by atoms with Gasteiger partial charge in [-0.05, 0) is 44.8 Å². The number of hydrogen-bond donors (Lipinski definition) is 1. The van der Waals surface area contributed by atoms with Crippen molar-refractivity contribution in [1.29, 1.82) is 0 Å². The molecular weight excluding hydrogens is 228 g/mol. The smallest absolute Gasteiger partial charge is 0.334 e. The van der Waals surface area contributed by atoms with E-state index in [0.29, 0.717) is 18.4 Å². The van der Waals surface area contributed by atoms with E-state index in [1.54, 1.807) is 0 Å². The number of carbonyl (C=O) groups excluding carboxylic acids is 1. The molecule has 0 saturated carbocycles. The molecule has 0 aromatic carbocycles. The van der Waals surface area contributed by atoms with Gasteiger partial charge in [0.25, 0.3) is 0 Å². The Morgan fingerprint density at radius 1 is 1.56 bits per heavy atom. The van der Waals surface area contributed by atoms with E-state index in [9.17, 15) is 9.90 Å². The van der Waals surface area contributed by atoms with Gasteiger partial charge < -0.3 is 9.84 Å². The summed E-state index contributed by atoms with van der Waals surface area (Å²) in [6.07, 6.45) is 5.18. The lowest BCUT2D eigenvalue weighted by atomic mass is 9.88. The van der Waals surface area contributed by atoms with Crippen LogP contribution in [0.2, 0.25) is 0 Å². The van der Waals surface area contributed by atoms with E-state index in [4.69, 9.17) is 4.74 Å². The molecule has 0 saturated heterocycles. The number of ether oxygens (including phenoxy) is 1. The number of esters is 1. The van der Waals surface area contributed by atoms with Crippen LogP contribution in [0.1, 0.15) is 33.1 Å². The molecule has 98 valence electrons. The highest BCUT2D eigenvalue weighted by Gasteiger charge is 2.32. The summed E-state index contributed by atoms with van der Waals surface area (Å²) in [5.74, 6) is -0.135. The molecule has 2 aliphatic rings. The van der Waals surface area contributed by atoms with Gasteiger partial charge in [0.05, 0.1) is 6.10 Å². The monoisotopic (exact) mass is 248 g/mol. The van der Waals surface area contributed by atoms with Crippen LogP contribution >= 0.6 is 0 Å². The van der Waals surface area contributed by atoms with Crippen LogP contribution < -0.4 is 0 Å². The lowest BCUT2D eigenvalue weighted by Crippen LogP contribution is -2.21. The van der Waals surface area contributed by atoms with Crippen molar-refractivity contribution in [2.75, 3.05) is 0 Å². The summed E-state index contributed by atoms with van der Waals surface area (Å²) in [5, 5.41) is 9.97. The number of rotatable bonds is 1. The van der Waals surface area contributed by atoms with Crippen LogP contribution in [-0.2, 0) is 9.53 Å². The fraction of sp³-hybridized carbons (Fsp3) is 0.533. The topological polar surface area (TPSA) is 46.5 Å². The lowest BCUT2D eigenvalue weighted by Gasteiger charge is -2.21. The van der Waals surface area contributed by atoms with E-state index >= 15 is 0 Å². The van der Waals surface area contributed by atoms with Gasteiger partial charge in [-0.2, -0.15) is 0 Å². The average molecular weight is 248 g/mol. The van der Waals surface area contributed by atoms with Gasteiger partial charge in [-0.25, -0.2) is 4.79 Å². The zero-order valence-electron chi connectivity index (χ0n) is 11.0. The summed E-state index contributed by atoms with van der Waals surface area (Å²) in [6.45, 7) is 7.86. The summed E-state index contributed by atoms with van der Waals surface area (Å²) in [5.41, 5.74) is 2.67. The Bertz CT molecular complexity index is 431. The van der Waals surface area contributed by atoms with E-state index in [1.165, 1.54) is 0 Å². The third-order valence-electron chi connectivity index (χ3n) is 3.81. The maximum Gasteiger partial charge on any atom is 0.334 e. The van der Waals surface area contributed by atoms with E-state index < -0.39 is 6.10 Å². The first kappa shape index (κ1) is 13.1. The van der Waals surface area contributed by atoms with Crippen LogP contribution in [-0.4, -0.2) is 23.3 Å². The van der Waals surface area contributed by atoms with E-state index in [-0.39, 0.29) is 18.0 Å². The van der Waals surface area contributed by atoms with Gasteiger partial charge in [0, 0.05) is 11.5 Å². The fourth-order valence-electron chi connectivity index (χ4n) is 2.47. The Morgan fingerprint density at radius 2 is 2.28 bits per heavy atom. The molecule has 1 heterocycles. The van der Waals surface area contributed by atoms with Crippen molar-refractivity contribution < 1.29 is 14.6 Å². The highest BCUT2D eigenvalue weighted by molar-refractivity contribution is 5.91. The minimum absolute atomic E-state index is 0.103. The number of aliphatic hydroxyl groups excluding tert-OH is 1. The fourth-order valence-corrected chi connectivity index (χ4v) is 2.47. The molecule has 0 radical (unpaired) electrons. The van der Waals surface area contributed by atoms with Gasteiger partial charge in [-0.15, -0.1) is 0 Å². The summed E-state index contributed by atoms with van der Waals surface area (Å²) >= 11 is 0. The summed E-state index contributed by atoms with van der Waals surface area (Å²) in [7, 11) is 0. The molecule has 3 heteroatoms. The van der Waals surface area contributed by atoms with Crippen LogP contribution in [0.25, 0.3) is 0 Å². The number of hydrogen-bond acceptors (Lipinski definition) is 3. The Balaban J connectivity index is 2.29. The summed E-state index contributed by atoms with van der Waals surface area (Å²) in [4.78, 5) is 11.7. The highest BCUT2D eigenvalue weighted by atomic mass is 16.5. The molecule has 1 unspecified atom stereocenters.